The van der Waals surface area contributed by atoms with Crippen LogP contribution in [0, 0.1) is 18.4 Å². The highest BCUT2D eigenvalue weighted by Crippen LogP contribution is 2.50. The number of aromatic nitrogens is 1. The second-order valence-corrected chi connectivity index (χ2v) is 7.73. The lowest BCUT2D eigenvalue weighted by Gasteiger charge is -2.46. The Labute approximate surface area is 165 Å². The van der Waals surface area contributed by atoms with E-state index in [9.17, 15) is 9.90 Å². The van der Waals surface area contributed by atoms with Gasteiger partial charge in [-0.25, -0.2) is 9.83 Å². The third-order valence-electron chi connectivity index (χ3n) is 5.81. The summed E-state index contributed by atoms with van der Waals surface area (Å²) in [5.41, 5.74) is 2.99. The SMILES string of the molecule is [C-]#[N+]c1ccc2c(c1)[C@H](Nc1cccc(CO)n1)[C@@H](C)[C@H](C1CC1)N2C(C)=O. The number of pyridine rings is 1. The molecule has 0 radical (unpaired) electrons. The number of aliphatic hydroxyl groups is 1. The number of fused-ring (bicyclic) bond motifs is 1. The van der Waals surface area contributed by atoms with Crippen molar-refractivity contribution in [2.24, 2.45) is 11.8 Å². The standard InChI is InChI=1S/C22H24N4O2/c1-13-21(25-20-6-4-5-17(12-27)24-20)18-11-16(23-3)9-10-19(18)26(14(2)28)22(13)15-7-8-15/h4-6,9-11,13,15,21-22,27H,7-8,12H2,1-2H3,(H,24,25)/t13-,21-,22-/m1/s1. The van der Waals surface area contributed by atoms with E-state index in [4.69, 9.17) is 6.57 Å². The van der Waals surface area contributed by atoms with Crippen LogP contribution in [0.3, 0.4) is 0 Å². The third-order valence-corrected chi connectivity index (χ3v) is 5.81. The summed E-state index contributed by atoms with van der Waals surface area (Å²) in [6.45, 7) is 11.1. The number of anilines is 2. The quantitative estimate of drug-likeness (QED) is 0.790. The number of amides is 1. The number of hydrogen-bond donors (Lipinski definition) is 2. The van der Waals surface area contributed by atoms with E-state index >= 15 is 0 Å². The summed E-state index contributed by atoms with van der Waals surface area (Å²) in [7, 11) is 0. The van der Waals surface area contributed by atoms with Gasteiger partial charge in [-0.3, -0.25) is 4.79 Å². The number of hydrogen-bond acceptors (Lipinski definition) is 4. The lowest BCUT2D eigenvalue weighted by atomic mass is 9.79. The van der Waals surface area contributed by atoms with Crippen LogP contribution in [0.5, 0.6) is 0 Å². The summed E-state index contributed by atoms with van der Waals surface area (Å²) in [4.78, 5) is 22.5. The molecule has 1 aliphatic carbocycles. The molecule has 2 aromatic rings. The predicted octanol–water partition coefficient (Wildman–Crippen LogP) is 4.06. The third kappa shape index (κ3) is 3.23. The minimum absolute atomic E-state index is 0.0411. The molecule has 28 heavy (non-hydrogen) atoms. The molecule has 1 aliphatic heterocycles. The maximum atomic E-state index is 12.6. The van der Waals surface area contributed by atoms with Crippen LogP contribution in [-0.4, -0.2) is 22.0 Å². The highest BCUT2D eigenvalue weighted by atomic mass is 16.3. The highest BCUT2D eigenvalue weighted by molar-refractivity contribution is 5.94. The van der Waals surface area contributed by atoms with Crippen LogP contribution in [0.2, 0.25) is 0 Å². The summed E-state index contributed by atoms with van der Waals surface area (Å²) >= 11 is 0. The average Bonchev–Trinajstić information content (AvgIpc) is 3.54. The molecule has 4 rings (SSSR count). The Morgan fingerprint density at radius 2 is 2.14 bits per heavy atom. The smallest absolute Gasteiger partial charge is 0.224 e. The number of rotatable bonds is 4. The summed E-state index contributed by atoms with van der Waals surface area (Å²) in [5, 5.41) is 12.9. The van der Waals surface area contributed by atoms with Crippen LogP contribution in [0.15, 0.2) is 36.4 Å². The Hall–Kier alpha value is -2.91. The van der Waals surface area contributed by atoms with Gasteiger partial charge >= 0.3 is 0 Å². The Bertz CT molecular complexity index is 948. The number of aliphatic hydroxyl groups excluding tert-OH is 1. The summed E-state index contributed by atoms with van der Waals surface area (Å²) < 4.78 is 0. The lowest BCUT2D eigenvalue weighted by Crippen LogP contribution is -2.51. The molecule has 3 atom stereocenters. The van der Waals surface area contributed by atoms with Gasteiger partial charge in [0.15, 0.2) is 5.69 Å². The van der Waals surface area contributed by atoms with Crippen molar-refractivity contribution < 1.29 is 9.90 Å². The molecule has 2 aliphatic rings. The van der Waals surface area contributed by atoms with Crippen LogP contribution < -0.4 is 10.2 Å². The first-order valence-electron chi connectivity index (χ1n) is 9.68. The number of carbonyl (C=O) groups excluding carboxylic acids is 1. The molecule has 6 nitrogen and oxygen atoms in total. The summed E-state index contributed by atoms with van der Waals surface area (Å²) in [6.07, 6.45) is 2.28. The van der Waals surface area contributed by atoms with Gasteiger partial charge in [0.1, 0.15) is 5.82 Å². The molecule has 2 heterocycles. The van der Waals surface area contributed by atoms with Gasteiger partial charge in [-0.05, 0) is 48.6 Å². The van der Waals surface area contributed by atoms with Gasteiger partial charge < -0.3 is 15.3 Å². The molecule has 6 heteroatoms. The van der Waals surface area contributed by atoms with Gasteiger partial charge in [-0.15, -0.1) is 0 Å². The van der Waals surface area contributed by atoms with Crippen molar-refractivity contribution in [3.05, 3.63) is 59.1 Å². The van der Waals surface area contributed by atoms with Gasteiger partial charge in [0.05, 0.1) is 24.9 Å². The van der Waals surface area contributed by atoms with Gasteiger partial charge in [-0.2, -0.15) is 0 Å². The van der Waals surface area contributed by atoms with Crippen LogP contribution in [-0.2, 0) is 11.4 Å². The molecule has 1 saturated carbocycles. The Balaban J connectivity index is 1.80. The zero-order valence-electron chi connectivity index (χ0n) is 16.1. The monoisotopic (exact) mass is 376 g/mol. The molecule has 0 bridgehead atoms. The van der Waals surface area contributed by atoms with Crippen molar-refractivity contribution in [3.63, 3.8) is 0 Å². The predicted molar refractivity (Wildman–Crippen MR) is 108 cm³/mol. The Morgan fingerprint density at radius 3 is 2.79 bits per heavy atom. The molecular formula is C22H24N4O2. The largest absolute Gasteiger partial charge is 0.390 e. The molecule has 1 amide bonds. The van der Waals surface area contributed by atoms with E-state index in [2.05, 4.69) is 22.1 Å². The van der Waals surface area contributed by atoms with Crippen molar-refractivity contribution in [1.82, 2.24) is 4.98 Å². The van der Waals surface area contributed by atoms with Crippen molar-refractivity contribution >= 4 is 23.1 Å². The topological polar surface area (TPSA) is 69.8 Å². The van der Waals surface area contributed by atoms with Crippen LogP contribution in [0.1, 0.15) is 44.0 Å². The Kier molecular flexibility index (Phi) is 4.78. The second-order valence-electron chi connectivity index (χ2n) is 7.73. The maximum Gasteiger partial charge on any atom is 0.224 e. The molecule has 1 fully saturated rings. The van der Waals surface area contributed by atoms with Gasteiger partial charge in [-0.1, -0.05) is 19.1 Å². The highest BCUT2D eigenvalue weighted by Gasteiger charge is 2.47. The van der Waals surface area contributed by atoms with Crippen LogP contribution >= 0.6 is 0 Å². The fourth-order valence-electron chi connectivity index (χ4n) is 4.43. The molecule has 0 saturated heterocycles. The molecular weight excluding hydrogens is 352 g/mol. The van der Waals surface area contributed by atoms with E-state index in [1.165, 1.54) is 0 Å². The molecule has 1 aromatic carbocycles. The molecule has 2 N–H and O–H groups in total. The number of benzene rings is 1. The van der Waals surface area contributed by atoms with Gasteiger partial charge in [0.2, 0.25) is 5.91 Å². The van der Waals surface area contributed by atoms with E-state index in [1.54, 1.807) is 19.1 Å². The molecule has 0 spiro atoms. The zero-order chi connectivity index (χ0) is 19.8. The number of nitrogens with zero attached hydrogens (tertiary/aromatic N) is 3. The fourth-order valence-corrected chi connectivity index (χ4v) is 4.43. The molecule has 1 aromatic heterocycles. The minimum Gasteiger partial charge on any atom is -0.390 e. The lowest BCUT2D eigenvalue weighted by molar-refractivity contribution is -0.117. The first-order valence-corrected chi connectivity index (χ1v) is 9.68. The van der Waals surface area contributed by atoms with E-state index < -0.39 is 0 Å². The van der Waals surface area contributed by atoms with Crippen molar-refractivity contribution in [2.75, 3.05) is 10.2 Å². The van der Waals surface area contributed by atoms with Crippen molar-refractivity contribution in [2.45, 2.75) is 45.4 Å². The van der Waals surface area contributed by atoms with Gasteiger partial charge in [0, 0.05) is 24.6 Å². The van der Waals surface area contributed by atoms with Crippen LogP contribution in [0.25, 0.3) is 4.85 Å². The maximum absolute atomic E-state index is 12.6. The van der Waals surface area contributed by atoms with Crippen molar-refractivity contribution in [3.8, 4) is 0 Å². The average molecular weight is 376 g/mol. The van der Waals surface area contributed by atoms with Gasteiger partial charge in [0.25, 0.3) is 0 Å². The van der Waals surface area contributed by atoms with E-state index in [0.29, 0.717) is 23.1 Å². The molecule has 144 valence electrons. The minimum atomic E-state index is -0.114. The fraction of sp³-hybridized carbons (Fsp3) is 0.409. The first kappa shape index (κ1) is 18.5. The molecule has 0 unspecified atom stereocenters. The Morgan fingerprint density at radius 1 is 1.36 bits per heavy atom. The second kappa shape index (κ2) is 7.25. The summed E-state index contributed by atoms with van der Waals surface area (Å²) in [5.74, 6) is 1.39. The first-order chi connectivity index (χ1) is 13.5. The van der Waals surface area contributed by atoms with E-state index in [-0.39, 0.29) is 30.5 Å². The number of carbonyl (C=O) groups is 1. The normalized spacial score (nSPS) is 23.6. The summed E-state index contributed by atoms with van der Waals surface area (Å²) in [6, 6.07) is 11.2. The van der Waals surface area contributed by atoms with E-state index in [0.717, 1.165) is 24.1 Å². The zero-order valence-corrected chi connectivity index (χ0v) is 16.1. The van der Waals surface area contributed by atoms with Crippen molar-refractivity contribution in [1.29, 1.82) is 0 Å². The number of nitrogens with one attached hydrogen (secondary N) is 1. The van der Waals surface area contributed by atoms with Crippen LogP contribution in [0.4, 0.5) is 17.2 Å². The van der Waals surface area contributed by atoms with E-state index in [1.807, 2.05) is 29.2 Å².